The van der Waals surface area contributed by atoms with E-state index in [9.17, 15) is 0 Å². The average molecular weight is 229 g/mol. The van der Waals surface area contributed by atoms with Gasteiger partial charge in [-0.2, -0.15) is 0 Å². The molecule has 0 saturated carbocycles. The quantitative estimate of drug-likeness (QED) is 0.495. The Balaban J connectivity index is 2.55. The molecule has 2 rings (SSSR count). The molecule has 88 valence electrons. The summed E-state index contributed by atoms with van der Waals surface area (Å²) in [7, 11) is 0. The van der Waals surface area contributed by atoms with Crippen LogP contribution >= 0.6 is 0 Å². The van der Waals surface area contributed by atoms with Crippen molar-refractivity contribution in [3.05, 3.63) is 42.0 Å². The van der Waals surface area contributed by atoms with Crippen molar-refractivity contribution in [3.8, 4) is 5.75 Å². The molecule has 0 spiro atoms. The summed E-state index contributed by atoms with van der Waals surface area (Å²) in [5.41, 5.74) is 0.819. The third-order valence-corrected chi connectivity index (χ3v) is 2.58. The Labute approximate surface area is 100 Å². The highest BCUT2D eigenvalue weighted by Crippen LogP contribution is 2.26. The first-order chi connectivity index (χ1) is 8.36. The van der Waals surface area contributed by atoms with E-state index in [2.05, 4.69) is 12.1 Å². The summed E-state index contributed by atoms with van der Waals surface area (Å²) in [6.45, 7) is 2.71. The van der Waals surface area contributed by atoms with Crippen LogP contribution in [-0.4, -0.2) is 18.0 Å². The van der Waals surface area contributed by atoms with Crippen molar-refractivity contribution in [1.29, 1.82) is 0 Å². The normalized spacial score (nSPS) is 11.1. The highest BCUT2D eigenvalue weighted by molar-refractivity contribution is 6.02. The molecular weight excluding hydrogens is 214 g/mol. The number of ether oxygens (including phenoxy) is 1. The van der Waals surface area contributed by atoms with E-state index in [1.54, 1.807) is 0 Å². The van der Waals surface area contributed by atoms with Gasteiger partial charge in [0.05, 0.1) is 12.8 Å². The van der Waals surface area contributed by atoms with Crippen molar-refractivity contribution >= 4 is 17.0 Å². The van der Waals surface area contributed by atoms with E-state index in [4.69, 9.17) is 9.94 Å². The zero-order valence-corrected chi connectivity index (χ0v) is 9.76. The molecular formula is C14H15NO2. The number of nitrogens with zero attached hydrogens (tertiary/aromatic N) is 1. The first-order valence-electron chi connectivity index (χ1n) is 5.68. The van der Waals surface area contributed by atoms with Gasteiger partial charge in [-0.15, -0.1) is 0 Å². The fourth-order valence-electron chi connectivity index (χ4n) is 1.80. The second-order valence-electron chi connectivity index (χ2n) is 3.79. The number of hydrogen-bond acceptors (Lipinski definition) is 3. The van der Waals surface area contributed by atoms with E-state index in [1.165, 1.54) is 6.21 Å². The van der Waals surface area contributed by atoms with E-state index >= 15 is 0 Å². The highest BCUT2D eigenvalue weighted by Gasteiger charge is 2.06. The van der Waals surface area contributed by atoms with Crippen molar-refractivity contribution in [2.24, 2.45) is 5.16 Å². The van der Waals surface area contributed by atoms with E-state index in [0.29, 0.717) is 6.61 Å². The lowest BCUT2D eigenvalue weighted by molar-refractivity contribution is 0.314. The van der Waals surface area contributed by atoms with Crippen LogP contribution in [0.15, 0.2) is 41.6 Å². The van der Waals surface area contributed by atoms with Crippen LogP contribution in [0.3, 0.4) is 0 Å². The van der Waals surface area contributed by atoms with Gasteiger partial charge in [-0.3, -0.25) is 0 Å². The predicted molar refractivity (Wildman–Crippen MR) is 69.1 cm³/mol. The van der Waals surface area contributed by atoms with Gasteiger partial charge in [0.15, 0.2) is 0 Å². The zero-order chi connectivity index (χ0) is 12.1. The molecule has 0 radical (unpaired) electrons. The van der Waals surface area contributed by atoms with Crippen LogP contribution in [-0.2, 0) is 0 Å². The van der Waals surface area contributed by atoms with Crippen LogP contribution < -0.4 is 4.74 Å². The third-order valence-electron chi connectivity index (χ3n) is 2.58. The Morgan fingerprint density at radius 3 is 2.82 bits per heavy atom. The SMILES string of the molecule is CCCOc1ccc2ccccc2c1/C=N/O. The minimum Gasteiger partial charge on any atom is -0.493 e. The van der Waals surface area contributed by atoms with Crippen LogP contribution in [0.25, 0.3) is 10.8 Å². The van der Waals surface area contributed by atoms with E-state index in [-0.39, 0.29) is 0 Å². The number of hydrogen-bond donors (Lipinski definition) is 1. The maximum absolute atomic E-state index is 8.74. The molecule has 0 bridgehead atoms. The molecule has 0 heterocycles. The Morgan fingerprint density at radius 2 is 2.06 bits per heavy atom. The minimum atomic E-state index is 0.657. The van der Waals surface area contributed by atoms with Crippen molar-refractivity contribution in [3.63, 3.8) is 0 Å². The Bertz CT molecular complexity index is 535. The summed E-state index contributed by atoms with van der Waals surface area (Å²) in [4.78, 5) is 0. The Morgan fingerprint density at radius 1 is 1.24 bits per heavy atom. The molecule has 0 aromatic heterocycles. The number of fused-ring (bicyclic) bond motifs is 1. The monoisotopic (exact) mass is 229 g/mol. The van der Waals surface area contributed by atoms with Gasteiger partial charge in [0.25, 0.3) is 0 Å². The standard InChI is InChI=1S/C14H15NO2/c1-2-9-17-14-8-7-11-5-3-4-6-12(11)13(14)10-15-16/h3-8,10,16H,2,9H2,1H3/b15-10+. The predicted octanol–water partition coefficient (Wildman–Crippen LogP) is 3.44. The van der Waals surface area contributed by atoms with Crippen molar-refractivity contribution < 1.29 is 9.94 Å². The van der Waals surface area contributed by atoms with Crippen LogP contribution in [0.2, 0.25) is 0 Å². The van der Waals surface area contributed by atoms with Gasteiger partial charge >= 0.3 is 0 Å². The lowest BCUT2D eigenvalue weighted by Crippen LogP contribution is -1.99. The molecule has 17 heavy (non-hydrogen) atoms. The summed E-state index contributed by atoms with van der Waals surface area (Å²) in [5.74, 6) is 0.753. The van der Waals surface area contributed by atoms with Crippen LogP contribution in [0, 0.1) is 0 Å². The van der Waals surface area contributed by atoms with E-state index in [1.807, 2.05) is 36.4 Å². The summed E-state index contributed by atoms with van der Waals surface area (Å²) in [6, 6.07) is 11.9. The molecule has 0 aliphatic heterocycles. The topological polar surface area (TPSA) is 41.8 Å². The number of benzene rings is 2. The van der Waals surface area contributed by atoms with Gasteiger partial charge in [0.2, 0.25) is 0 Å². The lowest BCUT2D eigenvalue weighted by Gasteiger charge is -2.10. The summed E-state index contributed by atoms with van der Waals surface area (Å²) < 4.78 is 5.64. The highest BCUT2D eigenvalue weighted by atomic mass is 16.5. The molecule has 0 aliphatic rings. The van der Waals surface area contributed by atoms with E-state index < -0.39 is 0 Å². The second-order valence-corrected chi connectivity index (χ2v) is 3.79. The van der Waals surface area contributed by atoms with Crippen molar-refractivity contribution in [2.75, 3.05) is 6.61 Å². The van der Waals surface area contributed by atoms with Gasteiger partial charge < -0.3 is 9.94 Å². The van der Waals surface area contributed by atoms with Gasteiger partial charge in [-0.25, -0.2) is 0 Å². The molecule has 0 amide bonds. The fraction of sp³-hybridized carbons (Fsp3) is 0.214. The van der Waals surface area contributed by atoms with Gasteiger partial charge in [-0.05, 0) is 23.3 Å². The first kappa shape index (κ1) is 11.5. The number of rotatable bonds is 4. The van der Waals surface area contributed by atoms with Crippen LogP contribution in [0.1, 0.15) is 18.9 Å². The Hall–Kier alpha value is -2.03. The first-order valence-corrected chi connectivity index (χ1v) is 5.68. The molecule has 2 aromatic rings. The van der Waals surface area contributed by atoms with Gasteiger partial charge in [0, 0.05) is 5.56 Å². The third kappa shape index (κ3) is 2.38. The Kier molecular flexibility index (Phi) is 3.60. The largest absolute Gasteiger partial charge is 0.493 e. The zero-order valence-electron chi connectivity index (χ0n) is 9.76. The van der Waals surface area contributed by atoms with Crippen LogP contribution in [0.4, 0.5) is 0 Å². The van der Waals surface area contributed by atoms with Crippen molar-refractivity contribution in [1.82, 2.24) is 0 Å². The molecule has 0 aliphatic carbocycles. The molecule has 1 N–H and O–H groups in total. The molecule has 0 atom stereocenters. The van der Waals surface area contributed by atoms with Gasteiger partial charge in [-0.1, -0.05) is 42.4 Å². The molecule has 0 fully saturated rings. The smallest absolute Gasteiger partial charge is 0.128 e. The minimum absolute atomic E-state index is 0.657. The van der Waals surface area contributed by atoms with Gasteiger partial charge in [0.1, 0.15) is 5.75 Å². The molecule has 2 aromatic carbocycles. The van der Waals surface area contributed by atoms with E-state index in [0.717, 1.165) is 28.5 Å². The molecule has 0 unspecified atom stereocenters. The van der Waals surface area contributed by atoms with Crippen LogP contribution in [0.5, 0.6) is 5.75 Å². The summed E-state index contributed by atoms with van der Waals surface area (Å²) in [5, 5.41) is 14.0. The molecule has 0 saturated heterocycles. The molecule has 3 nitrogen and oxygen atoms in total. The lowest BCUT2D eigenvalue weighted by atomic mass is 10.0. The maximum atomic E-state index is 8.74. The van der Waals surface area contributed by atoms with Crippen molar-refractivity contribution in [2.45, 2.75) is 13.3 Å². The summed E-state index contributed by atoms with van der Waals surface area (Å²) in [6.07, 6.45) is 2.37. The second kappa shape index (κ2) is 5.34. The maximum Gasteiger partial charge on any atom is 0.128 e. The fourth-order valence-corrected chi connectivity index (χ4v) is 1.80. The summed E-state index contributed by atoms with van der Waals surface area (Å²) >= 11 is 0. The number of oxime groups is 1. The average Bonchev–Trinajstić information content (AvgIpc) is 2.38. The molecule has 3 heteroatoms.